The summed E-state index contributed by atoms with van der Waals surface area (Å²) in [6, 6.07) is 12.0. The first-order chi connectivity index (χ1) is 18.2. The second kappa shape index (κ2) is 15.3. The molecule has 0 saturated carbocycles. The summed E-state index contributed by atoms with van der Waals surface area (Å²) in [5, 5.41) is 11.9. The highest BCUT2D eigenvalue weighted by molar-refractivity contribution is 8.01. The van der Waals surface area contributed by atoms with Crippen LogP contribution >= 0.6 is 72.3 Å². The zero-order chi connectivity index (χ0) is 25.0. The van der Waals surface area contributed by atoms with Crippen molar-refractivity contribution in [2.75, 3.05) is 25.0 Å². The summed E-state index contributed by atoms with van der Waals surface area (Å²) < 4.78 is 20.8. The molecule has 3 N–H and O–H groups in total. The van der Waals surface area contributed by atoms with E-state index >= 15 is 0 Å². The molecule has 4 aromatic rings. The third-order valence-corrected chi connectivity index (χ3v) is 8.94. The van der Waals surface area contributed by atoms with E-state index in [1.54, 1.807) is 35.2 Å². The maximum atomic E-state index is 13.5. The first kappa shape index (κ1) is 32.6. The molecule has 5 heterocycles. The number of hydrazine groups is 1. The van der Waals surface area contributed by atoms with Crippen molar-refractivity contribution in [1.29, 1.82) is 0 Å². The quantitative estimate of drug-likeness (QED) is 0.165. The van der Waals surface area contributed by atoms with Crippen LogP contribution in [0.1, 0.15) is 12.8 Å². The number of pyridine rings is 2. The topological polar surface area (TPSA) is 74.3 Å². The Morgan fingerprint density at radius 1 is 1.07 bits per heavy atom. The Bertz CT molecular complexity index is 1420. The van der Waals surface area contributed by atoms with Crippen molar-refractivity contribution in [2.24, 2.45) is 5.92 Å². The zero-order valence-electron chi connectivity index (χ0n) is 21.0. The van der Waals surface area contributed by atoms with Crippen LogP contribution in [0.3, 0.4) is 0 Å². The van der Waals surface area contributed by atoms with Crippen molar-refractivity contribution in [3.8, 4) is 11.5 Å². The molecule has 0 amide bonds. The maximum Gasteiger partial charge on any atom is 0.174 e. The predicted molar refractivity (Wildman–Crippen MR) is 171 cm³/mol. The lowest BCUT2D eigenvalue weighted by atomic mass is 9.98. The van der Waals surface area contributed by atoms with E-state index in [4.69, 9.17) is 9.72 Å². The second-order valence-electron chi connectivity index (χ2n) is 8.78. The number of hydrogen-bond donors (Lipinski definition) is 3. The van der Waals surface area contributed by atoms with Crippen LogP contribution in [0.25, 0.3) is 10.2 Å². The number of aromatic nitrogens is 2. The van der Waals surface area contributed by atoms with Crippen molar-refractivity contribution < 1.29 is 9.13 Å². The van der Waals surface area contributed by atoms with Gasteiger partial charge in [-0.1, -0.05) is 11.8 Å². The summed E-state index contributed by atoms with van der Waals surface area (Å²) in [5.74, 6) is 2.05. The summed E-state index contributed by atoms with van der Waals surface area (Å²) in [6.45, 7) is 3.12. The van der Waals surface area contributed by atoms with Gasteiger partial charge in [-0.25, -0.2) is 9.37 Å². The van der Waals surface area contributed by atoms with Crippen LogP contribution in [0.2, 0.25) is 0 Å². The smallest absolute Gasteiger partial charge is 0.174 e. The van der Waals surface area contributed by atoms with Gasteiger partial charge >= 0.3 is 0 Å². The Morgan fingerprint density at radius 2 is 1.88 bits per heavy atom. The van der Waals surface area contributed by atoms with E-state index in [9.17, 15) is 4.39 Å². The van der Waals surface area contributed by atoms with Crippen LogP contribution in [0.15, 0.2) is 81.3 Å². The number of nitrogens with one attached hydrogen (secondary N) is 3. The second-order valence-corrected chi connectivity index (χ2v) is 11.6. The van der Waals surface area contributed by atoms with Gasteiger partial charge in [0.05, 0.1) is 10.2 Å². The molecule has 0 spiro atoms. The monoisotopic (exact) mass is 660 g/mol. The fourth-order valence-corrected chi connectivity index (χ4v) is 6.80. The number of rotatable bonds is 8. The average molecular weight is 662 g/mol. The van der Waals surface area contributed by atoms with Crippen LogP contribution in [0.5, 0.6) is 11.5 Å². The molecule has 2 aliphatic rings. The molecule has 40 heavy (non-hydrogen) atoms. The van der Waals surface area contributed by atoms with Crippen molar-refractivity contribution in [3.05, 3.63) is 77.3 Å². The van der Waals surface area contributed by atoms with E-state index in [1.165, 1.54) is 36.9 Å². The molecular formula is C26H28Cl3FN6OS3. The minimum absolute atomic E-state index is 0. The van der Waals surface area contributed by atoms with Crippen molar-refractivity contribution in [2.45, 2.75) is 22.6 Å². The van der Waals surface area contributed by atoms with Crippen molar-refractivity contribution in [1.82, 2.24) is 25.1 Å². The summed E-state index contributed by atoms with van der Waals surface area (Å²) in [7, 11) is 0. The molecule has 0 radical (unpaired) electrons. The van der Waals surface area contributed by atoms with Gasteiger partial charge in [0.15, 0.2) is 11.6 Å². The summed E-state index contributed by atoms with van der Waals surface area (Å²) in [5.41, 5.74) is 0.982. The van der Waals surface area contributed by atoms with E-state index in [0.29, 0.717) is 23.2 Å². The minimum Gasteiger partial charge on any atom is -0.453 e. The van der Waals surface area contributed by atoms with Gasteiger partial charge in [-0.05, 0) is 85.6 Å². The molecule has 7 nitrogen and oxygen atoms in total. The highest BCUT2D eigenvalue weighted by Crippen LogP contribution is 2.39. The number of ether oxygens (including phenoxy) is 1. The first-order valence-electron chi connectivity index (χ1n) is 12.0. The average Bonchev–Trinajstić information content (AvgIpc) is 3.58. The van der Waals surface area contributed by atoms with E-state index in [2.05, 4.69) is 31.7 Å². The fourth-order valence-electron chi connectivity index (χ4n) is 4.25. The molecule has 1 saturated heterocycles. The van der Waals surface area contributed by atoms with Crippen LogP contribution in [0, 0.1) is 11.7 Å². The van der Waals surface area contributed by atoms with Crippen LogP contribution in [0.4, 0.5) is 10.2 Å². The summed E-state index contributed by atoms with van der Waals surface area (Å²) >= 11 is 4.80. The molecule has 14 heteroatoms. The lowest BCUT2D eigenvalue weighted by molar-refractivity contribution is 0.252. The van der Waals surface area contributed by atoms with Crippen molar-refractivity contribution in [3.63, 3.8) is 0 Å². The Labute approximate surface area is 263 Å². The number of halogens is 4. The van der Waals surface area contributed by atoms with Gasteiger partial charge in [-0.2, -0.15) is 4.83 Å². The Hall–Kier alpha value is -1.96. The summed E-state index contributed by atoms with van der Waals surface area (Å²) in [4.78, 5) is 14.6. The molecular weight excluding hydrogens is 634 g/mol. The number of nitrogens with zero attached hydrogens (tertiary/aromatic N) is 3. The Morgan fingerprint density at radius 3 is 2.67 bits per heavy atom. The number of anilines is 1. The standard InChI is InChI=1S/C26H25FN6OS3.3ClH/c27-18-1-3-19(4-2-18)34-22-13-20(36-23-7-11-29-21-8-12-35-25(21)23)14-30-26(22)31-24-16-33(32-37-24)15-17-5-9-28-10-6-17;;;/h1-4,7-8,11-14,16-17,28,32H,5-6,9-10,15H2,(H,30,31);3*1H. The van der Waals surface area contributed by atoms with Crippen molar-refractivity contribution >= 4 is 88.3 Å². The minimum atomic E-state index is -0.307. The predicted octanol–water partition coefficient (Wildman–Crippen LogP) is 7.72. The zero-order valence-corrected chi connectivity index (χ0v) is 25.9. The van der Waals surface area contributed by atoms with Gasteiger partial charge in [0.1, 0.15) is 16.6 Å². The molecule has 0 atom stereocenters. The van der Waals surface area contributed by atoms with E-state index < -0.39 is 0 Å². The van der Waals surface area contributed by atoms with Gasteiger partial charge in [0.25, 0.3) is 0 Å². The van der Waals surface area contributed by atoms with E-state index in [-0.39, 0.29) is 43.0 Å². The third kappa shape index (κ3) is 8.07. The fraction of sp³-hybridized carbons (Fsp3) is 0.231. The molecule has 6 rings (SSSR count). The van der Waals surface area contributed by atoms with Gasteiger partial charge in [-0.15, -0.1) is 48.6 Å². The van der Waals surface area contributed by atoms with Crippen LogP contribution in [-0.2, 0) is 0 Å². The van der Waals surface area contributed by atoms with Gasteiger partial charge in [0, 0.05) is 41.0 Å². The molecule has 1 aromatic carbocycles. The number of benzene rings is 1. The Balaban J connectivity index is 0.00000147. The number of hydrogen-bond acceptors (Lipinski definition) is 10. The molecule has 1 fully saturated rings. The normalized spacial score (nSPS) is 15.0. The number of thiophene rings is 1. The largest absolute Gasteiger partial charge is 0.453 e. The van der Waals surface area contributed by atoms with Crippen LogP contribution in [-0.4, -0.2) is 34.6 Å². The Kier molecular flexibility index (Phi) is 12.5. The lowest BCUT2D eigenvalue weighted by Gasteiger charge is -2.26. The lowest BCUT2D eigenvalue weighted by Crippen LogP contribution is -2.36. The van der Waals surface area contributed by atoms with Gasteiger partial charge < -0.3 is 20.4 Å². The SMILES string of the molecule is Cl.Cl.Cl.Fc1ccc(Oc2cc(Sc3ccnc4ccsc34)cnc2NC2=CN(CC3CCNCC3)NS2)cc1. The van der Waals surface area contributed by atoms with Crippen LogP contribution < -0.4 is 20.2 Å². The maximum absolute atomic E-state index is 13.5. The summed E-state index contributed by atoms with van der Waals surface area (Å²) in [6.07, 6.45) is 8.10. The van der Waals surface area contributed by atoms with Gasteiger partial charge in [0.2, 0.25) is 0 Å². The molecule has 3 aromatic heterocycles. The highest BCUT2D eigenvalue weighted by atomic mass is 35.5. The third-order valence-electron chi connectivity index (χ3n) is 6.11. The molecule has 2 aliphatic heterocycles. The first-order valence-corrected chi connectivity index (χ1v) is 14.5. The molecule has 0 unspecified atom stereocenters. The van der Waals surface area contributed by atoms with E-state index in [1.807, 2.05) is 36.0 Å². The number of fused-ring (bicyclic) bond motifs is 1. The van der Waals surface area contributed by atoms with Gasteiger partial charge in [-0.3, -0.25) is 4.98 Å². The highest BCUT2D eigenvalue weighted by Gasteiger charge is 2.21. The van der Waals surface area contributed by atoms with E-state index in [0.717, 1.165) is 44.7 Å². The number of piperidine rings is 1. The molecule has 214 valence electrons. The molecule has 0 bridgehead atoms. The molecule has 0 aliphatic carbocycles.